The summed E-state index contributed by atoms with van der Waals surface area (Å²) in [6.07, 6.45) is 0. The zero-order valence-corrected chi connectivity index (χ0v) is 15.6. The van der Waals surface area contributed by atoms with E-state index in [9.17, 15) is 9.59 Å². The van der Waals surface area contributed by atoms with Crippen molar-refractivity contribution in [2.24, 2.45) is 11.8 Å². The molecule has 5 heteroatoms. The van der Waals surface area contributed by atoms with Crippen LogP contribution in [0.15, 0.2) is 24.3 Å². The molecule has 0 bridgehead atoms. The van der Waals surface area contributed by atoms with Crippen LogP contribution in [0.25, 0.3) is 0 Å². The smallest absolute Gasteiger partial charge is 0.251 e. The maximum Gasteiger partial charge on any atom is 0.251 e. The van der Waals surface area contributed by atoms with Gasteiger partial charge in [0.05, 0.1) is 6.61 Å². The Morgan fingerprint density at radius 1 is 1.12 bits per heavy atom. The fourth-order valence-electron chi connectivity index (χ4n) is 2.48. The number of nitrogens with one attached hydrogen (secondary N) is 1. The van der Waals surface area contributed by atoms with Crippen molar-refractivity contribution in [3.05, 3.63) is 29.8 Å². The maximum absolute atomic E-state index is 12.6. The molecule has 0 aromatic heterocycles. The topological polar surface area (TPSA) is 58.6 Å². The largest absolute Gasteiger partial charge is 0.494 e. The number of hydrogen-bond acceptors (Lipinski definition) is 3. The van der Waals surface area contributed by atoms with Crippen LogP contribution in [-0.4, -0.2) is 43.0 Å². The number of rotatable bonds is 8. The predicted octanol–water partition coefficient (Wildman–Crippen LogP) is 2.95. The van der Waals surface area contributed by atoms with E-state index in [2.05, 4.69) is 19.2 Å². The SMILES string of the molecule is CCOc1ccc(C(=O)NC(C(=O)N(C)CC(C)C)C(C)C)cc1. The van der Waals surface area contributed by atoms with Crippen LogP contribution in [0.4, 0.5) is 0 Å². The van der Waals surface area contributed by atoms with Gasteiger partial charge in [-0.3, -0.25) is 9.59 Å². The number of ether oxygens (including phenoxy) is 1. The highest BCUT2D eigenvalue weighted by Crippen LogP contribution is 2.13. The molecule has 0 aliphatic carbocycles. The highest BCUT2D eigenvalue weighted by atomic mass is 16.5. The summed E-state index contributed by atoms with van der Waals surface area (Å²) in [6, 6.07) is 6.40. The van der Waals surface area contributed by atoms with E-state index in [4.69, 9.17) is 4.74 Å². The Balaban J connectivity index is 2.80. The minimum atomic E-state index is -0.534. The van der Waals surface area contributed by atoms with E-state index < -0.39 is 6.04 Å². The molecular weight excluding hydrogens is 304 g/mol. The molecule has 0 fully saturated rings. The Kier molecular flexibility index (Phi) is 7.75. The zero-order chi connectivity index (χ0) is 18.3. The number of likely N-dealkylation sites (N-methyl/N-ethyl adjacent to an activating group) is 1. The lowest BCUT2D eigenvalue weighted by atomic mass is 10.0. The third kappa shape index (κ3) is 5.87. The van der Waals surface area contributed by atoms with E-state index >= 15 is 0 Å². The zero-order valence-electron chi connectivity index (χ0n) is 15.6. The van der Waals surface area contributed by atoms with Crippen molar-refractivity contribution in [3.8, 4) is 5.75 Å². The molecule has 1 unspecified atom stereocenters. The van der Waals surface area contributed by atoms with Gasteiger partial charge in [0.15, 0.2) is 0 Å². The summed E-state index contributed by atoms with van der Waals surface area (Å²) < 4.78 is 5.37. The van der Waals surface area contributed by atoms with Crippen LogP contribution < -0.4 is 10.1 Å². The van der Waals surface area contributed by atoms with Crippen LogP contribution >= 0.6 is 0 Å². The van der Waals surface area contributed by atoms with Crippen molar-refractivity contribution in [2.45, 2.75) is 40.7 Å². The average molecular weight is 334 g/mol. The van der Waals surface area contributed by atoms with Crippen LogP contribution in [0.3, 0.4) is 0 Å². The molecule has 1 aromatic carbocycles. The Morgan fingerprint density at radius 3 is 2.17 bits per heavy atom. The fourth-order valence-corrected chi connectivity index (χ4v) is 2.48. The van der Waals surface area contributed by atoms with E-state index in [1.165, 1.54) is 0 Å². The van der Waals surface area contributed by atoms with E-state index in [0.717, 1.165) is 5.75 Å². The van der Waals surface area contributed by atoms with Crippen LogP contribution in [0, 0.1) is 11.8 Å². The maximum atomic E-state index is 12.6. The average Bonchev–Trinajstić information content (AvgIpc) is 2.51. The number of carbonyl (C=O) groups is 2. The molecule has 0 spiro atoms. The second kappa shape index (κ2) is 9.30. The van der Waals surface area contributed by atoms with Crippen LogP contribution in [0.1, 0.15) is 45.0 Å². The summed E-state index contributed by atoms with van der Waals surface area (Å²) in [6.45, 7) is 11.2. The van der Waals surface area contributed by atoms with Gasteiger partial charge >= 0.3 is 0 Å². The van der Waals surface area contributed by atoms with E-state index in [-0.39, 0.29) is 17.7 Å². The quantitative estimate of drug-likeness (QED) is 0.795. The van der Waals surface area contributed by atoms with Crippen molar-refractivity contribution < 1.29 is 14.3 Å². The van der Waals surface area contributed by atoms with Crippen molar-refractivity contribution >= 4 is 11.8 Å². The summed E-state index contributed by atoms with van der Waals surface area (Å²) in [7, 11) is 1.78. The van der Waals surface area contributed by atoms with E-state index in [1.54, 1.807) is 36.2 Å². The molecule has 1 aromatic rings. The van der Waals surface area contributed by atoms with E-state index in [0.29, 0.717) is 24.6 Å². The molecule has 0 aliphatic rings. The van der Waals surface area contributed by atoms with Crippen molar-refractivity contribution in [2.75, 3.05) is 20.2 Å². The minimum absolute atomic E-state index is 0.0127. The van der Waals surface area contributed by atoms with Crippen molar-refractivity contribution in [3.63, 3.8) is 0 Å². The van der Waals surface area contributed by atoms with Crippen LogP contribution in [-0.2, 0) is 4.79 Å². The molecule has 0 radical (unpaired) electrons. The molecule has 5 nitrogen and oxygen atoms in total. The van der Waals surface area contributed by atoms with Crippen molar-refractivity contribution in [1.82, 2.24) is 10.2 Å². The molecule has 24 heavy (non-hydrogen) atoms. The molecule has 134 valence electrons. The van der Waals surface area contributed by atoms with Gasteiger partial charge in [0.2, 0.25) is 5.91 Å². The molecule has 2 amide bonds. The number of benzene rings is 1. The summed E-state index contributed by atoms with van der Waals surface area (Å²) in [5, 5.41) is 2.87. The first kappa shape index (κ1) is 20.0. The third-order valence-corrected chi connectivity index (χ3v) is 3.66. The van der Waals surface area contributed by atoms with Gasteiger partial charge in [-0.1, -0.05) is 27.7 Å². The van der Waals surface area contributed by atoms with Gasteiger partial charge in [-0.25, -0.2) is 0 Å². The number of carbonyl (C=O) groups excluding carboxylic acids is 2. The Labute approximate surface area is 145 Å². The monoisotopic (exact) mass is 334 g/mol. The molecular formula is C19H30N2O3. The lowest BCUT2D eigenvalue weighted by Gasteiger charge is -2.28. The molecule has 1 atom stereocenters. The first-order chi connectivity index (χ1) is 11.3. The Morgan fingerprint density at radius 2 is 1.71 bits per heavy atom. The van der Waals surface area contributed by atoms with Gasteiger partial charge in [0.1, 0.15) is 11.8 Å². The standard InChI is InChI=1S/C19H30N2O3/c1-7-24-16-10-8-15(9-11-16)18(22)20-17(14(4)5)19(23)21(6)12-13(2)3/h8-11,13-14,17H,7,12H2,1-6H3,(H,20,22). The highest BCUT2D eigenvalue weighted by Gasteiger charge is 2.27. The highest BCUT2D eigenvalue weighted by molar-refractivity contribution is 5.97. The minimum Gasteiger partial charge on any atom is -0.494 e. The molecule has 0 aliphatic heterocycles. The van der Waals surface area contributed by atoms with Gasteiger partial charge in [-0.2, -0.15) is 0 Å². The van der Waals surface area contributed by atoms with Gasteiger partial charge in [-0.05, 0) is 43.0 Å². The molecule has 1 N–H and O–H groups in total. The first-order valence-corrected chi connectivity index (χ1v) is 8.54. The van der Waals surface area contributed by atoms with Crippen molar-refractivity contribution in [1.29, 1.82) is 0 Å². The second-order valence-corrected chi connectivity index (χ2v) is 6.77. The van der Waals surface area contributed by atoms with E-state index in [1.807, 2.05) is 20.8 Å². The summed E-state index contributed by atoms with van der Waals surface area (Å²) >= 11 is 0. The number of amides is 2. The Bertz CT molecular complexity index is 538. The lowest BCUT2D eigenvalue weighted by molar-refractivity contribution is -0.133. The third-order valence-electron chi connectivity index (χ3n) is 3.66. The van der Waals surface area contributed by atoms with Crippen LogP contribution in [0.5, 0.6) is 5.75 Å². The second-order valence-electron chi connectivity index (χ2n) is 6.77. The lowest BCUT2D eigenvalue weighted by Crippen LogP contribution is -2.50. The fraction of sp³-hybridized carbons (Fsp3) is 0.579. The number of nitrogens with zero attached hydrogens (tertiary/aromatic N) is 1. The van der Waals surface area contributed by atoms with Crippen LogP contribution in [0.2, 0.25) is 0 Å². The molecule has 1 rings (SSSR count). The normalized spacial score (nSPS) is 12.2. The summed E-state index contributed by atoms with van der Waals surface area (Å²) in [5.41, 5.74) is 0.517. The predicted molar refractivity (Wildman–Crippen MR) is 96.2 cm³/mol. The summed E-state index contributed by atoms with van der Waals surface area (Å²) in [5.74, 6) is 0.815. The first-order valence-electron chi connectivity index (χ1n) is 8.54. The van der Waals surface area contributed by atoms with Gasteiger partial charge in [0, 0.05) is 19.2 Å². The van der Waals surface area contributed by atoms with Gasteiger partial charge in [0.25, 0.3) is 5.91 Å². The summed E-state index contributed by atoms with van der Waals surface area (Å²) in [4.78, 5) is 26.8. The van der Waals surface area contributed by atoms with Gasteiger partial charge in [-0.15, -0.1) is 0 Å². The molecule has 0 saturated heterocycles. The molecule has 0 heterocycles. The Hall–Kier alpha value is -2.04. The van der Waals surface area contributed by atoms with Gasteiger partial charge < -0.3 is 15.0 Å². The number of hydrogen-bond donors (Lipinski definition) is 1. The molecule has 0 saturated carbocycles.